The van der Waals surface area contributed by atoms with Crippen LogP contribution in [0.25, 0.3) is 0 Å². The van der Waals surface area contributed by atoms with Crippen LogP contribution in [0.3, 0.4) is 0 Å². The average molecular weight is 409 g/mol. The lowest BCUT2D eigenvalue weighted by Gasteiger charge is -2.17. The lowest BCUT2D eigenvalue weighted by atomic mass is 10.4. The van der Waals surface area contributed by atoms with Crippen LogP contribution in [-0.4, -0.2) is 49.2 Å². The van der Waals surface area contributed by atoms with E-state index in [9.17, 15) is 18.0 Å². The van der Waals surface area contributed by atoms with Gasteiger partial charge in [-0.3, -0.25) is 4.79 Å². The van der Waals surface area contributed by atoms with Gasteiger partial charge < -0.3 is 15.2 Å². The molecule has 0 aliphatic carbocycles. The standard InChI is InChI=1S/C13H21BrN4O4S/c1-4-18(23(3,21)22)7-5-6-15-13(20)16-11-8-10(14)9-17(2)12(11)19/h8-9H,4-7H2,1-3H3,(H2,15,16,20). The maximum Gasteiger partial charge on any atom is 0.319 e. The number of aryl methyl sites for hydroxylation is 1. The molecule has 0 aliphatic heterocycles. The van der Waals surface area contributed by atoms with Crippen LogP contribution >= 0.6 is 15.9 Å². The van der Waals surface area contributed by atoms with Gasteiger partial charge in [0.1, 0.15) is 5.69 Å². The van der Waals surface area contributed by atoms with Crippen molar-refractivity contribution in [1.82, 2.24) is 14.2 Å². The molecule has 0 saturated carbocycles. The molecule has 0 radical (unpaired) electrons. The first kappa shape index (κ1) is 19.7. The number of pyridine rings is 1. The van der Waals surface area contributed by atoms with Gasteiger partial charge >= 0.3 is 6.03 Å². The van der Waals surface area contributed by atoms with Crippen LogP contribution in [-0.2, 0) is 17.1 Å². The smallest absolute Gasteiger partial charge is 0.319 e. The van der Waals surface area contributed by atoms with Gasteiger partial charge in [-0.25, -0.2) is 17.5 Å². The molecule has 0 aliphatic rings. The topological polar surface area (TPSA) is 101 Å². The summed E-state index contributed by atoms with van der Waals surface area (Å²) in [6.07, 6.45) is 3.22. The van der Waals surface area contributed by atoms with Gasteiger partial charge in [0.2, 0.25) is 10.0 Å². The fourth-order valence-corrected chi connectivity index (χ4v) is 3.41. The lowest BCUT2D eigenvalue weighted by molar-refractivity contribution is 0.251. The molecule has 10 heteroatoms. The number of carbonyl (C=O) groups is 1. The first-order valence-electron chi connectivity index (χ1n) is 7.01. The van der Waals surface area contributed by atoms with Crippen molar-refractivity contribution >= 4 is 37.7 Å². The minimum absolute atomic E-state index is 0.158. The van der Waals surface area contributed by atoms with Crippen molar-refractivity contribution < 1.29 is 13.2 Å². The number of anilines is 1. The molecule has 8 nitrogen and oxygen atoms in total. The van der Waals surface area contributed by atoms with Crippen molar-refractivity contribution in [2.75, 3.05) is 31.2 Å². The Morgan fingerprint density at radius 1 is 1.43 bits per heavy atom. The Labute approximate surface area is 144 Å². The number of nitrogens with one attached hydrogen (secondary N) is 2. The molecule has 1 aromatic heterocycles. The third kappa shape index (κ3) is 6.32. The molecule has 0 bridgehead atoms. The van der Waals surface area contributed by atoms with Crippen molar-refractivity contribution in [2.24, 2.45) is 7.05 Å². The Balaban J connectivity index is 2.49. The van der Waals surface area contributed by atoms with Crippen LogP contribution in [0.4, 0.5) is 10.5 Å². The van der Waals surface area contributed by atoms with Crippen molar-refractivity contribution in [1.29, 1.82) is 0 Å². The highest BCUT2D eigenvalue weighted by Crippen LogP contribution is 2.11. The molecule has 130 valence electrons. The van der Waals surface area contributed by atoms with E-state index in [-0.39, 0.29) is 11.2 Å². The number of hydrogen-bond donors (Lipinski definition) is 2. The van der Waals surface area contributed by atoms with Gasteiger partial charge in [0.25, 0.3) is 5.56 Å². The zero-order valence-electron chi connectivity index (χ0n) is 13.3. The minimum atomic E-state index is -3.22. The van der Waals surface area contributed by atoms with E-state index in [0.29, 0.717) is 30.5 Å². The predicted molar refractivity (Wildman–Crippen MR) is 93.1 cm³/mol. The largest absolute Gasteiger partial charge is 0.338 e. The minimum Gasteiger partial charge on any atom is -0.338 e. The van der Waals surface area contributed by atoms with E-state index in [0.717, 1.165) is 6.26 Å². The quantitative estimate of drug-likeness (QED) is 0.655. The number of aromatic nitrogens is 1. The van der Waals surface area contributed by atoms with Gasteiger partial charge in [-0.1, -0.05) is 6.92 Å². The zero-order valence-corrected chi connectivity index (χ0v) is 15.7. The number of amides is 2. The number of rotatable bonds is 7. The fourth-order valence-electron chi connectivity index (χ4n) is 1.94. The second-order valence-corrected chi connectivity index (χ2v) is 7.88. The van der Waals surface area contributed by atoms with E-state index in [2.05, 4.69) is 26.6 Å². The highest BCUT2D eigenvalue weighted by Gasteiger charge is 2.13. The van der Waals surface area contributed by atoms with Gasteiger partial charge in [-0.05, 0) is 28.4 Å². The van der Waals surface area contributed by atoms with E-state index in [1.807, 2.05) is 0 Å². The molecule has 1 heterocycles. The predicted octanol–water partition coefficient (Wildman–Crippen LogP) is 0.941. The van der Waals surface area contributed by atoms with Crippen LogP contribution in [0.15, 0.2) is 21.5 Å². The summed E-state index contributed by atoms with van der Waals surface area (Å²) in [5.74, 6) is 0. The van der Waals surface area contributed by atoms with E-state index < -0.39 is 16.1 Å². The molecule has 0 unspecified atom stereocenters. The number of carbonyl (C=O) groups excluding carboxylic acids is 1. The maximum absolute atomic E-state index is 11.9. The van der Waals surface area contributed by atoms with Gasteiger partial charge in [-0.2, -0.15) is 0 Å². The molecular weight excluding hydrogens is 388 g/mol. The third-order valence-electron chi connectivity index (χ3n) is 3.09. The molecule has 1 rings (SSSR count). The summed E-state index contributed by atoms with van der Waals surface area (Å²) in [5.41, 5.74) is -0.164. The molecular formula is C13H21BrN4O4S. The highest BCUT2D eigenvalue weighted by molar-refractivity contribution is 9.10. The molecule has 2 N–H and O–H groups in total. The van der Waals surface area contributed by atoms with Crippen LogP contribution in [0.5, 0.6) is 0 Å². The first-order chi connectivity index (χ1) is 10.6. The number of hydrogen-bond acceptors (Lipinski definition) is 4. The Bertz CT molecular complexity index is 717. The Morgan fingerprint density at radius 3 is 2.65 bits per heavy atom. The first-order valence-corrected chi connectivity index (χ1v) is 9.65. The molecule has 1 aromatic rings. The van der Waals surface area contributed by atoms with E-state index in [1.54, 1.807) is 20.2 Å². The number of nitrogens with zero attached hydrogens (tertiary/aromatic N) is 2. The van der Waals surface area contributed by atoms with Crippen molar-refractivity contribution in [2.45, 2.75) is 13.3 Å². The molecule has 23 heavy (non-hydrogen) atoms. The maximum atomic E-state index is 11.9. The SMILES string of the molecule is CCN(CCCNC(=O)Nc1cc(Br)cn(C)c1=O)S(C)(=O)=O. The second-order valence-electron chi connectivity index (χ2n) is 4.98. The zero-order chi connectivity index (χ0) is 17.6. The van der Waals surface area contributed by atoms with Crippen LogP contribution in [0, 0.1) is 0 Å². The summed E-state index contributed by atoms with van der Waals surface area (Å²) in [6, 6.07) is 1.01. The van der Waals surface area contributed by atoms with E-state index in [1.165, 1.54) is 14.9 Å². The van der Waals surface area contributed by atoms with Gasteiger partial charge in [-0.15, -0.1) is 0 Å². The van der Waals surface area contributed by atoms with Gasteiger partial charge in [0.15, 0.2) is 0 Å². The van der Waals surface area contributed by atoms with E-state index in [4.69, 9.17) is 0 Å². The third-order valence-corrected chi connectivity index (χ3v) is 4.90. The lowest BCUT2D eigenvalue weighted by Crippen LogP contribution is -2.36. The van der Waals surface area contributed by atoms with E-state index >= 15 is 0 Å². The summed E-state index contributed by atoms with van der Waals surface area (Å²) < 4.78 is 26.2. The molecule has 0 spiro atoms. The monoisotopic (exact) mass is 408 g/mol. The molecule has 0 fully saturated rings. The summed E-state index contributed by atoms with van der Waals surface area (Å²) >= 11 is 3.25. The number of urea groups is 1. The van der Waals surface area contributed by atoms with Gasteiger partial charge in [0.05, 0.1) is 6.26 Å². The molecule has 0 saturated heterocycles. The van der Waals surface area contributed by atoms with Crippen LogP contribution in [0.1, 0.15) is 13.3 Å². The molecule has 0 aromatic carbocycles. The Morgan fingerprint density at radius 2 is 2.09 bits per heavy atom. The van der Waals surface area contributed by atoms with Crippen LogP contribution < -0.4 is 16.2 Å². The van der Waals surface area contributed by atoms with Crippen molar-refractivity contribution in [3.8, 4) is 0 Å². The second kappa shape index (κ2) is 8.46. The summed E-state index contributed by atoms with van der Waals surface area (Å²) in [4.78, 5) is 23.6. The Hall–Kier alpha value is -1.39. The van der Waals surface area contributed by atoms with Crippen molar-refractivity contribution in [3.05, 3.63) is 27.1 Å². The summed E-state index contributed by atoms with van der Waals surface area (Å²) in [7, 11) is -1.64. The number of sulfonamides is 1. The average Bonchev–Trinajstić information content (AvgIpc) is 2.42. The number of halogens is 1. The fraction of sp³-hybridized carbons (Fsp3) is 0.538. The van der Waals surface area contributed by atoms with Crippen molar-refractivity contribution in [3.63, 3.8) is 0 Å². The normalized spacial score (nSPS) is 11.5. The molecule has 0 atom stereocenters. The summed E-state index contributed by atoms with van der Waals surface area (Å²) in [5, 5.41) is 5.07. The highest BCUT2D eigenvalue weighted by atomic mass is 79.9. The Kier molecular flexibility index (Phi) is 7.23. The van der Waals surface area contributed by atoms with Crippen LogP contribution in [0.2, 0.25) is 0 Å². The van der Waals surface area contributed by atoms with Gasteiger partial charge in [0, 0.05) is 37.4 Å². The summed E-state index contributed by atoms with van der Waals surface area (Å²) in [6.45, 7) is 2.77. The molecule has 2 amide bonds.